The number of aliphatic hydroxyl groups excluding tert-OH is 3. The molecule has 7 N–H and O–H groups in total. The van der Waals surface area contributed by atoms with Crippen LogP contribution in [0.25, 0.3) is 0 Å². The van der Waals surface area contributed by atoms with E-state index in [1.165, 1.54) is 0 Å². The Kier molecular flexibility index (Phi) is 27.0. The molecular formula is C6H24AlMgNO7Si. The van der Waals surface area contributed by atoms with E-state index in [0.29, 0.717) is 19.6 Å². The van der Waals surface area contributed by atoms with Crippen LogP contribution >= 0.6 is 0 Å². The number of hydrogen-bond acceptors (Lipinski definition) is 8. The van der Waals surface area contributed by atoms with Crippen molar-refractivity contribution in [3.63, 3.8) is 0 Å². The molecule has 0 fully saturated rings. The highest BCUT2D eigenvalue weighted by molar-refractivity contribution is 6.46. The Morgan fingerprint density at radius 1 is 0.706 bits per heavy atom. The molecule has 0 aromatic carbocycles. The number of aliphatic hydroxyl groups is 3. The second-order valence-electron chi connectivity index (χ2n) is 2.61. The van der Waals surface area contributed by atoms with Crippen LogP contribution in [-0.4, -0.2) is 128 Å². The highest BCUT2D eigenvalue weighted by atomic mass is 28.4. The van der Waals surface area contributed by atoms with Gasteiger partial charge in [-0.15, -0.1) is 0 Å². The van der Waals surface area contributed by atoms with Crippen LogP contribution in [0, 0.1) is 0 Å². The Hall–Kier alpha value is 1.20. The van der Waals surface area contributed by atoms with E-state index in [1.807, 2.05) is 0 Å². The molecular weight excluding hydrogens is 277 g/mol. The van der Waals surface area contributed by atoms with Gasteiger partial charge >= 0.3 is 32.1 Å². The van der Waals surface area contributed by atoms with Crippen molar-refractivity contribution in [3.05, 3.63) is 0 Å². The summed E-state index contributed by atoms with van der Waals surface area (Å²) in [7, 11) is -4.61. The fourth-order valence-corrected chi connectivity index (χ4v) is 0.760. The summed E-state index contributed by atoms with van der Waals surface area (Å²) in [5.41, 5.74) is 0. The van der Waals surface area contributed by atoms with Crippen molar-refractivity contribution in [2.45, 2.75) is 0 Å². The minimum Gasteiger partial charge on any atom is -0.395 e. The molecule has 0 radical (unpaired) electrons. The first-order valence-corrected chi connectivity index (χ1v) is 6.08. The van der Waals surface area contributed by atoms with Gasteiger partial charge in [-0.1, -0.05) is 0 Å². The molecule has 0 saturated heterocycles. The lowest BCUT2D eigenvalue weighted by Gasteiger charge is -2.17. The average molecular weight is 302 g/mol. The normalized spacial score (nSPS) is 9.88. The predicted octanol–water partition coefficient (Wildman–Crippen LogP) is -6.44. The molecule has 17 heavy (non-hydrogen) atoms. The van der Waals surface area contributed by atoms with Crippen LogP contribution in [-0.2, 0) is 0 Å². The smallest absolute Gasteiger partial charge is 0.395 e. The van der Waals surface area contributed by atoms with Gasteiger partial charge in [-0.2, -0.15) is 0 Å². The van der Waals surface area contributed by atoms with Gasteiger partial charge in [0, 0.05) is 19.6 Å². The second kappa shape index (κ2) is 17.2. The second-order valence-corrected chi connectivity index (χ2v) is 3.81. The van der Waals surface area contributed by atoms with Crippen molar-refractivity contribution >= 4 is 49.5 Å². The molecule has 0 saturated carbocycles. The van der Waals surface area contributed by atoms with Gasteiger partial charge in [0.1, 0.15) is 0 Å². The average Bonchev–Trinajstić information content (AvgIpc) is 2.02. The Labute approximate surface area is 128 Å². The summed E-state index contributed by atoms with van der Waals surface area (Å²) in [6.45, 7) is 1.75. The summed E-state index contributed by atoms with van der Waals surface area (Å²) in [4.78, 5) is 31.1. The Bertz CT molecular complexity index is 122. The van der Waals surface area contributed by atoms with Crippen molar-refractivity contribution in [2.75, 3.05) is 39.5 Å². The lowest BCUT2D eigenvalue weighted by molar-refractivity contribution is 0.117. The lowest BCUT2D eigenvalue weighted by atomic mass is 10.4. The Balaban J connectivity index is -0.000000105. The van der Waals surface area contributed by atoms with Gasteiger partial charge < -0.3 is 34.5 Å². The topological polar surface area (TPSA) is 145 Å². The molecule has 104 valence electrons. The summed E-state index contributed by atoms with van der Waals surface area (Å²) in [6, 6.07) is 0. The molecule has 11 heteroatoms. The van der Waals surface area contributed by atoms with Gasteiger partial charge in [0.2, 0.25) is 0 Å². The van der Waals surface area contributed by atoms with Crippen LogP contribution in [0.15, 0.2) is 0 Å². The molecule has 0 aliphatic carbocycles. The molecule has 0 aliphatic rings. The third-order valence-corrected chi connectivity index (χ3v) is 1.25. The van der Waals surface area contributed by atoms with E-state index in [4.69, 9.17) is 34.5 Å². The number of rotatable bonds is 6. The highest BCUT2D eigenvalue weighted by Crippen LogP contribution is 1.84. The van der Waals surface area contributed by atoms with Gasteiger partial charge in [-0.05, 0) is 0 Å². The molecule has 0 atom stereocenters. The first kappa shape index (κ1) is 26.7. The zero-order valence-electron chi connectivity index (χ0n) is 8.32. The molecule has 0 spiro atoms. The summed E-state index contributed by atoms with van der Waals surface area (Å²) in [5.74, 6) is 0. The standard InChI is InChI=1S/C6H15NO3.Al.Mg.H4O4Si.5H/c8-4-1-7(2-5-9)3-6-10;;;1-5(2,3)4;;;;;/h8-10H,1-6H2;;;1-4H;;;;;. The van der Waals surface area contributed by atoms with E-state index in [9.17, 15) is 0 Å². The zero-order chi connectivity index (χ0) is 12.3. The van der Waals surface area contributed by atoms with E-state index in [1.54, 1.807) is 4.90 Å². The van der Waals surface area contributed by atoms with Gasteiger partial charge in [-0.3, -0.25) is 4.90 Å². The van der Waals surface area contributed by atoms with Crippen LogP contribution in [0.4, 0.5) is 0 Å². The van der Waals surface area contributed by atoms with Gasteiger partial charge in [-0.25, -0.2) is 0 Å². The highest BCUT2D eigenvalue weighted by Gasteiger charge is 2.22. The summed E-state index contributed by atoms with van der Waals surface area (Å²) >= 11 is 0. The van der Waals surface area contributed by atoms with Gasteiger partial charge in [0.25, 0.3) is 0 Å². The Morgan fingerprint density at radius 3 is 1.00 bits per heavy atom. The minimum atomic E-state index is -4.61. The molecule has 0 aromatic heterocycles. The zero-order valence-corrected chi connectivity index (χ0v) is 9.32. The Morgan fingerprint density at radius 2 is 0.882 bits per heavy atom. The molecule has 0 heterocycles. The molecule has 0 unspecified atom stereocenters. The fraction of sp³-hybridized carbons (Fsp3) is 1.00. The van der Waals surface area contributed by atoms with E-state index < -0.39 is 9.05 Å². The van der Waals surface area contributed by atoms with E-state index >= 15 is 0 Å². The van der Waals surface area contributed by atoms with Crippen molar-refractivity contribution in [2.24, 2.45) is 0 Å². The first-order chi connectivity index (χ1) is 6.85. The maximum atomic E-state index is 8.48. The van der Waals surface area contributed by atoms with Crippen molar-refractivity contribution in [3.8, 4) is 0 Å². The van der Waals surface area contributed by atoms with Crippen LogP contribution in [0.5, 0.6) is 0 Å². The van der Waals surface area contributed by atoms with Crippen LogP contribution < -0.4 is 0 Å². The first-order valence-electron chi connectivity index (χ1n) is 4.29. The quantitative estimate of drug-likeness (QED) is 0.240. The maximum absolute atomic E-state index is 8.48. The lowest BCUT2D eigenvalue weighted by Crippen LogP contribution is -2.33. The molecule has 0 amide bonds. The molecule has 0 bridgehead atoms. The monoisotopic (exact) mass is 301 g/mol. The molecule has 0 aliphatic heterocycles. The molecule has 8 nitrogen and oxygen atoms in total. The van der Waals surface area contributed by atoms with Crippen LogP contribution in [0.1, 0.15) is 0 Å². The third kappa shape index (κ3) is 38.2. The van der Waals surface area contributed by atoms with E-state index in [2.05, 4.69) is 0 Å². The summed E-state index contributed by atoms with van der Waals surface area (Å²) < 4.78 is 0. The molecule has 0 rings (SSSR count). The van der Waals surface area contributed by atoms with Crippen LogP contribution in [0.2, 0.25) is 0 Å². The minimum absolute atomic E-state index is 0. The van der Waals surface area contributed by atoms with Gasteiger partial charge in [0.15, 0.2) is 17.4 Å². The predicted molar refractivity (Wildman–Crippen MR) is 70.8 cm³/mol. The largest absolute Gasteiger partial charge is 0.668 e. The molecule has 0 aromatic rings. The van der Waals surface area contributed by atoms with Crippen molar-refractivity contribution in [1.29, 1.82) is 0 Å². The van der Waals surface area contributed by atoms with Gasteiger partial charge in [0.05, 0.1) is 19.8 Å². The summed E-state index contributed by atoms with van der Waals surface area (Å²) in [6.07, 6.45) is 0. The van der Waals surface area contributed by atoms with E-state index in [-0.39, 0.29) is 60.2 Å². The maximum Gasteiger partial charge on any atom is 0.668 e. The fourth-order valence-electron chi connectivity index (χ4n) is 0.760. The van der Waals surface area contributed by atoms with Crippen LogP contribution in [0.3, 0.4) is 0 Å². The SMILES string of the molecule is OCCN(CCO)CCO.O[Si](O)(O)O.[AlH3].[MgH2]. The van der Waals surface area contributed by atoms with Crippen molar-refractivity contribution < 1.29 is 34.5 Å². The number of hydrogen-bond donors (Lipinski definition) is 7. The van der Waals surface area contributed by atoms with E-state index in [0.717, 1.165) is 0 Å². The summed E-state index contributed by atoms with van der Waals surface area (Å²) in [5, 5.41) is 25.5. The van der Waals surface area contributed by atoms with Crippen molar-refractivity contribution in [1.82, 2.24) is 4.90 Å². The third-order valence-electron chi connectivity index (χ3n) is 1.25. The number of nitrogens with zero attached hydrogens (tertiary/aromatic N) is 1.